The van der Waals surface area contributed by atoms with Gasteiger partial charge in [0.05, 0.1) is 4.88 Å². The molecule has 1 heterocycles. The van der Waals surface area contributed by atoms with Crippen LogP contribution in [0.15, 0.2) is 28.9 Å². The molecule has 1 aromatic heterocycles. The fourth-order valence-corrected chi connectivity index (χ4v) is 2.40. The van der Waals surface area contributed by atoms with Gasteiger partial charge in [0.15, 0.2) is 5.78 Å². The standard InChI is InChI=1S/C11H7BrFNOS/c1-6(15)10-5-14-11(16-10)8-3-2-7(12)4-9(8)13/h2-5H,1H3. The van der Waals surface area contributed by atoms with Crippen LogP contribution in [0.4, 0.5) is 4.39 Å². The molecule has 2 nitrogen and oxygen atoms in total. The van der Waals surface area contributed by atoms with Crippen molar-refractivity contribution in [2.45, 2.75) is 6.92 Å². The van der Waals surface area contributed by atoms with E-state index >= 15 is 0 Å². The molecule has 0 atom stereocenters. The van der Waals surface area contributed by atoms with E-state index in [0.717, 1.165) is 0 Å². The molecule has 0 N–H and O–H groups in total. The van der Waals surface area contributed by atoms with Crippen molar-refractivity contribution in [1.29, 1.82) is 0 Å². The molecule has 2 aromatic rings. The summed E-state index contributed by atoms with van der Waals surface area (Å²) in [5.41, 5.74) is 0.417. The highest BCUT2D eigenvalue weighted by Crippen LogP contribution is 2.29. The van der Waals surface area contributed by atoms with Gasteiger partial charge in [0.2, 0.25) is 0 Å². The van der Waals surface area contributed by atoms with Crippen molar-refractivity contribution in [3.05, 3.63) is 39.6 Å². The zero-order chi connectivity index (χ0) is 11.7. The fourth-order valence-electron chi connectivity index (χ4n) is 1.22. The number of thiazole rings is 1. The summed E-state index contributed by atoms with van der Waals surface area (Å²) in [6, 6.07) is 4.76. The number of rotatable bonds is 2. The second kappa shape index (κ2) is 4.43. The summed E-state index contributed by atoms with van der Waals surface area (Å²) < 4.78 is 14.3. The SMILES string of the molecule is CC(=O)c1cnc(-c2ccc(Br)cc2F)s1. The highest BCUT2D eigenvalue weighted by Gasteiger charge is 2.11. The Morgan fingerprint density at radius 2 is 2.25 bits per heavy atom. The number of aromatic nitrogens is 1. The Balaban J connectivity index is 2.46. The summed E-state index contributed by atoms with van der Waals surface area (Å²) in [6.45, 7) is 1.47. The lowest BCUT2D eigenvalue weighted by molar-refractivity contribution is 0.102. The minimum Gasteiger partial charge on any atom is -0.294 e. The van der Waals surface area contributed by atoms with Crippen LogP contribution < -0.4 is 0 Å². The van der Waals surface area contributed by atoms with E-state index in [-0.39, 0.29) is 11.6 Å². The first-order valence-corrected chi connectivity index (χ1v) is 6.11. The first kappa shape index (κ1) is 11.4. The normalized spacial score (nSPS) is 10.4. The van der Waals surface area contributed by atoms with Gasteiger partial charge >= 0.3 is 0 Å². The monoisotopic (exact) mass is 299 g/mol. The summed E-state index contributed by atoms with van der Waals surface area (Å²) in [5.74, 6) is -0.403. The van der Waals surface area contributed by atoms with Gasteiger partial charge in [-0.05, 0) is 18.2 Å². The Bertz CT molecular complexity index is 553. The van der Waals surface area contributed by atoms with E-state index in [1.165, 1.54) is 30.5 Å². The average molecular weight is 300 g/mol. The van der Waals surface area contributed by atoms with Crippen molar-refractivity contribution in [3.63, 3.8) is 0 Å². The number of nitrogens with zero attached hydrogens (tertiary/aromatic N) is 1. The molecule has 0 unspecified atom stereocenters. The van der Waals surface area contributed by atoms with E-state index in [4.69, 9.17) is 0 Å². The van der Waals surface area contributed by atoms with E-state index in [9.17, 15) is 9.18 Å². The third-order valence-electron chi connectivity index (χ3n) is 2.01. The number of ketones is 1. The van der Waals surface area contributed by atoms with Gasteiger partial charge in [-0.2, -0.15) is 0 Å². The third kappa shape index (κ3) is 2.20. The Hall–Kier alpha value is -1.07. The highest BCUT2D eigenvalue weighted by molar-refractivity contribution is 9.10. The van der Waals surface area contributed by atoms with Crippen molar-refractivity contribution in [1.82, 2.24) is 4.98 Å². The number of benzene rings is 1. The molecule has 0 aliphatic rings. The summed E-state index contributed by atoms with van der Waals surface area (Å²) in [4.78, 5) is 15.7. The van der Waals surface area contributed by atoms with Crippen molar-refractivity contribution < 1.29 is 9.18 Å². The first-order valence-electron chi connectivity index (χ1n) is 4.50. The molecule has 1 aromatic carbocycles. The molecule has 0 amide bonds. The van der Waals surface area contributed by atoms with Crippen LogP contribution in [0, 0.1) is 5.82 Å². The molecule has 5 heteroatoms. The molecule has 0 radical (unpaired) electrons. The van der Waals surface area contributed by atoms with Gasteiger partial charge in [-0.3, -0.25) is 4.79 Å². The molecule has 0 spiro atoms. The van der Waals surface area contributed by atoms with Gasteiger partial charge in [0, 0.05) is 23.2 Å². The number of carbonyl (C=O) groups excluding carboxylic acids is 1. The molecule has 0 fully saturated rings. The van der Waals surface area contributed by atoms with Crippen LogP contribution in [-0.2, 0) is 0 Å². The Morgan fingerprint density at radius 3 is 2.81 bits per heavy atom. The van der Waals surface area contributed by atoms with Crippen LogP contribution >= 0.6 is 27.3 Å². The lowest BCUT2D eigenvalue weighted by Crippen LogP contribution is -1.83. The van der Waals surface area contributed by atoms with Gasteiger partial charge in [-0.1, -0.05) is 15.9 Å². The van der Waals surface area contributed by atoms with E-state index < -0.39 is 0 Å². The van der Waals surface area contributed by atoms with Crippen molar-refractivity contribution >= 4 is 33.0 Å². The number of halogens is 2. The predicted octanol–water partition coefficient (Wildman–Crippen LogP) is 3.91. The minimum absolute atomic E-state index is 0.0544. The summed E-state index contributed by atoms with van der Waals surface area (Å²) in [7, 11) is 0. The lowest BCUT2D eigenvalue weighted by Gasteiger charge is -1.98. The minimum atomic E-state index is -0.348. The maximum absolute atomic E-state index is 13.6. The number of hydrogen-bond acceptors (Lipinski definition) is 3. The van der Waals surface area contributed by atoms with Crippen LogP contribution in [0.1, 0.15) is 16.6 Å². The van der Waals surface area contributed by atoms with Crippen molar-refractivity contribution in [2.24, 2.45) is 0 Å². The largest absolute Gasteiger partial charge is 0.294 e. The molecule has 2 rings (SSSR count). The fraction of sp³-hybridized carbons (Fsp3) is 0.0909. The average Bonchev–Trinajstić information content (AvgIpc) is 2.66. The van der Waals surface area contributed by atoms with Gasteiger partial charge in [-0.25, -0.2) is 9.37 Å². The summed E-state index contributed by atoms with van der Waals surface area (Å²) in [5, 5.41) is 0.523. The zero-order valence-electron chi connectivity index (χ0n) is 8.33. The molecular weight excluding hydrogens is 293 g/mol. The number of Topliss-reactive ketones (excluding diaryl/α,β-unsaturated/α-hetero) is 1. The molecule has 0 aliphatic carbocycles. The van der Waals surface area contributed by atoms with Crippen LogP contribution in [0.2, 0.25) is 0 Å². The molecule has 0 bridgehead atoms. The maximum Gasteiger partial charge on any atom is 0.171 e. The number of carbonyl (C=O) groups is 1. The maximum atomic E-state index is 13.6. The zero-order valence-corrected chi connectivity index (χ0v) is 10.7. The smallest absolute Gasteiger partial charge is 0.171 e. The quantitative estimate of drug-likeness (QED) is 0.787. The van der Waals surface area contributed by atoms with Gasteiger partial charge in [0.1, 0.15) is 10.8 Å². The number of hydrogen-bond donors (Lipinski definition) is 0. The highest BCUT2D eigenvalue weighted by atomic mass is 79.9. The van der Waals surface area contributed by atoms with E-state index in [0.29, 0.717) is 19.9 Å². The van der Waals surface area contributed by atoms with Crippen molar-refractivity contribution in [2.75, 3.05) is 0 Å². The predicted molar refractivity (Wildman–Crippen MR) is 65.2 cm³/mol. The molecule has 0 saturated carbocycles. The van der Waals surface area contributed by atoms with Gasteiger partial charge in [-0.15, -0.1) is 11.3 Å². The topological polar surface area (TPSA) is 30.0 Å². The summed E-state index contributed by atoms with van der Waals surface area (Å²) in [6.07, 6.45) is 1.48. The lowest BCUT2D eigenvalue weighted by atomic mass is 10.2. The second-order valence-electron chi connectivity index (χ2n) is 3.21. The Labute approximate surface area is 104 Å². The first-order chi connectivity index (χ1) is 7.58. The Kier molecular flexibility index (Phi) is 3.16. The van der Waals surface area contributed by atoms with Crippen LogP contribution in [0.25, 0.3) is 10.6 Å². The van der Waals surface area contributed by atoms with Gasteiger partial charge < -0.3 is 0 Å². The second-order valence-corrected chi connectivity index (χ2v) is 5.16. The van der Waals surface area contributed by atoms with Gasteiger partial charge in [0.25, 0.3) is 0 Å². The van der Waals surface area contributed by atoms with E-state index in [2.05, 4.69) is 20.9 Å². The van der Waals surface area contributed by atoms with Crippen LogP contribution in [0.5, 0.6) is 0 Å². The van der Waals surface area contributed by atoms with Crippen LogP contribution in [-0.4, -0.2) is 10.8 Å². The molecule has 0 saturated heterocycles. The third-order valence-corrected chi connectivity index (χ3v) is 3.64. The van der Waals surface area contributed by atoms with E-state index in [1.807, 2.05) is 0 Å². The summed E-state index contributed by atoms with van der Waals surface area (Å²) >= 11 is 4.38. The molecule has 0 aliphatic heterocycles. The Morgan fingerprint density at radius 1 is 1.50 bits per heavy atom. The molecule has 82 valence electrons. The van der Waals surface area contributed by atoms with Crippen LogP contribution in [0.3, 0.4) is 0 Å². The molecule has 16 heavy (non-hydrogen) atoms. The van der Waals surface area contributed by atoms with Crippen molar-refractivity contribution in [3.8, 4) is 10.6 Å². The molecular formula is C11H7BrFNOS. The van der Waals surface area contributed by atoms with E-state index in [1.54, 1.807) is 12.1 Å².